The molecule has 0 aromatic heterocycles. The summed E-state index contributed by atoms with van der Waals surface area (Å²) in [7, 11) is 0. The second kappa shape index (κ2) is 3.49. The van der Waals surface area contributed by atoms with Gasteiger partial charge < -0.3 is 5.32 Å². The van der Waals surface area contributed by atoms with E-state index in [0.717, 1.165) is 6.04 Å². The lowest BCUT2D eigenvalue weighted by atomic mass is 9.78. The fraction of sp³-hybridized carbons (Fsp3) is 1.00. The summed E-state index contributed by atoms with van der Waals surface area (Å²) in [6.07, 6.45) is 10.2. The van der Waals surface area contributed by atoms with Crippen molar-refractivity contribution in [2.45, 2.75) is 56.5 Å². The molecule has 1 atom stereocenters. The summed E-state index contributed by atoms with van der Waals surface area (Å²) in [5.74, 6) is 0. The number of fused-ring (bicyclic) bond motifs is 2. The zero-order chi connectivity index (χ0) is 9.43. The topological polar surface area (TPSA) is 15.3 Å². The van der Waals surface area contributed by atoms with Gasteiger partial charge in [-0.2, -0.15) is 0 Å². The second-order valence-electron chi connectivity index (χ2n) is 5.41. The predicted octanol–water partition coefficient (Wildman–Crippen LogP) is 1.76. The zero-order valence-corrected chi connectivity index (χ0v) is 9.10. The van der Waals surface area contributed by atoms with Crippen LogP contribution in [0.3, 0.4) is 0 Å². The summed E-state index contributed by atoms with van der Waals surface area (Å²) in [5.41, 5.74) is 0.581. The maximum absolute atomic E-state index is 3.68. The highest BCUT2D eigenvalue weighted by molar-refractivity contribution is 5.03. The molecule has 2 heterocycles. The van der Waals surface area contributed by atoms with Crippen molar-refractivity contribution in [1.29, 1.82) is 0 Å². The molecule has 0 radical (unpaired) electrons. The Morgan fingerprint density at radius 1 is 1.07 bits per heavy atom. The van der Waals surface area contributed by atoms with E-state index >= 15 is 0 Å². The summed E-state index contributed by atoms with van der Waals surface area (Å²) in [6.45, 7) is 3.90. The lowest BCUT2D eigenvalue weighted by Gasteiger charge is -2.51. The molecule has 2 heteroatoms. The summed E-state index contributed by atoms with van der Waals surface area (Å²) >= 11 is 0. The first-order valence-electron chi connectivity index (χ1n) is 6.38. The Morgan fingerprint density at radius 2 is 1.93 bits per heavy atom. The Hall–Kier alpha value is -0.0800. The SMILES string of the molecule is C1CCC2(CC1)CNC[C@H]1CCCN12. The third kappa shape index (κ3) is 1.31. The lowest BCUT2D eigenvalue weighted by Crippen LogP contribution is -2.64. The molecule has 2 aliphatic heterocycles. The molecular formula is C12H22N2. The third-order valence-electron chi connectivity index (χ3n) is 4.60. The van der Waals surface area contributed by atoms with Crippen LogP contribution in [0, 0.1) is 0 Å². The van der Waals surface area contributed by atoms with Crippen molar-refractivity contribution in [3.8, 4) is 0 Å². The molecule has 0 unspecified atom stereocenters. The number of nitrogens with one attached hydrogen (secondary N) is 1. The smallest absolute Gasteiger partial charge is 0.0337 e. The molecule has 0 amide bonds. The summed E-state index contributed by atoms with van der Waals surface area (Å²) in [6, 6.07) is 0.877. The lowest BCUT2D eigenvalue weighted by molar-refractivity contribution is 0.0127. The molecule has 0 bridgehead atoms. The van der Waals surface area contributed by atoms with Crippen LogP contribution < -0.4 is 5.32 Å². The van der Waals surface area contributed by atoms with Crippen LogP contribution in [0.15, 0.2) is 0 Å². The van der Waals surface area contributed by atoms with Gasteiger partial charge in [0, 0.05) is 24.7 Å². The zero-order valence-electron chi connectivity index (χ0n) is 9.10. The van der Waals surface area contributed by atoms with Crippen LogP contribution in [0.4, 0.5) is 0 Å². The van der Waals surface area contributed by atoms with Crippen LogP contribution in [0.1, 0.15) is 44.9 Å². The van der Waals surface area contributed by atoms with E-state index in [2.05, 4.69) is 10.2 Å². The van der Waals surface area contributed by atoms with Gasteiger partial charge in [-0.1, -0.05) is 19.3 Å². The number of hydrogen-bond donors (Lipinski definition) is 1. The van der Waals surface area contributed by atoms with E-state index in [4.69, 9.17) is 0 Å². The third-order valence-corrected chi connectivity index (χ3v) is 4.60. The van der Waals surface area contributed by atoms with E-state index in [1.54, 1.807) is 0 Å². The molecule has 3 fully saturated rings. The highest BCUT2D eigenvalue weighted by Gasteiger charge is 2.45. The van der Waals surface area contributed by atoms with Crippen molar-refractivity contribution < 1.29 is 0 Å². The predicted molar refractivity (Wildman–Crippen MR) is 58.4 cm³/mol. The Bertz CT molecular complexity index is 203. The Kier molecular flexibility index (Phi) is 2.29. The van der Waals surface area contributed by atoms with Crippen LogP contribution in [0.2, 0.25) is 0 Å². The van der Waals surface area contributed by atoms with E-state index in [1.165, 1.54) is 64.6 Å². The average Bonchev–Trinajstić information content (AvgIpc) is 2.69. The molecular weight excluding hydrogens is 172 g/mol. The largest absolute Gasteiger partial charge is 0.313 e. The number of nitrogens with zero attached hydrogens (tertiary/aromatic N) is 1. The van der Waals surface area contributed by atoms with E-state index in [-0.39, 0.29) is 0 Å². The fourth-order valence-electron chi connectivity index (χ4n) is 3.92. The van der Waals surface area contributed by atoms with E-state index in [1.807, 2.05) is 0 Å². The molecule has 0 aromatic rings. The Morgan fingerprint density at radius 3 is 2.79 bits per heavy atom. The molecule has 1 saturated carbocycles. The van der Waals surface area contributed by atoms with Crippen LogP contribution >= 0.6 is 0 Å². The van der Waals surface area contributed by atoms with Gasteiger partial charge in [0.25, 0.3) is 0 Å². The van der Waals surface area contributed by atoms with Gasteiger partial charge in [0.05, 0.1) is 0 Å². The highest BCUT2D eigenvalue weighted by atomic mass is 15.3. The van der Waals surface area contributed by atoms with Gasteiger partial charge in [0.15, 0.2) is 0 Å². The quantitative estimate of drug-likeness (QED) is 0.632. The molecule has 14 heavy (non-hydrogen) atoms. The molecule has 2 nitrogen and oxygen atoms in total. The van der Waals surface area contributed by atoms with Gasteiger partial charge in [0.1, 0.15) is 0 Å². The van der Waals surface area contributed by atoms with Crippen molar-refractivity contribution >= 4 is 0 Å². The van der Waals surface area contributed by atoms with Gasteiger partial charge in [-0.25, -0.2) is 0 Å². The second-order valence-corrected chi connectivity index (χ2v) is 5.41. The van der Waals surface area contributed by atoms with Crippen LogP contribution in [-0.2, 0) is 0 Å². The van der Waals surface area contributed by atoms with Gasteiger partial charge in [-0.05, 0) is 32.2 Å². The summed E-state index contributed by atoms with van der Waals surface area (Å²) < 4.78 is 0. The van der Waals surface area contributed by atoms with Crippen LogP contribution in [0.25, 0.3) is 0 Å². The van der Waals surface area contributed by atoms with Crippen molar-refractivity contribution in [3.05, 3.63) is 0 Å². The normalized spacial score (nSPS) is 37.3. The minimum absolute atomic E-state index is 0.581. The minimum atomic E-state index is 0.581. The first-order valence-corrected chi connectivity index (χ1v) is 6.38. The first-order chi connectivity index (χ1) is 6.91. The molecule has 1 N–H and O–H groups in total. The number of rotatable bonds is 0. The van der Waals surface area contributed by atoms with E-state index in [9.17, 15) is 0 Å². The minimum Gasteiger partial charge on any atom is -0.313 e. The molecule has 2 saturated heterocycles. The Labute approximate surface area is 87.0 Å². The van der Waals surface area contributed by atoms with Crippen LogP contribution in [-0.4, -0.2) is 36.1 Å². The highest BCUT2D eigenvalue weighted by Crippen LogP contribution is 2.39. The Balaban J connectivity index is 1.81. The monoisotopic (exact) mass is 194 g/mol. The summed E-state index contributed by atoms with van der Waals surface area (Å²) in [4.78, 5) is 2.86. The van der Waals surface area contributed by atoms with Crippen molar-refractivity contribution in [3.63, 3.8) is 0 Å². The van der Waals surface area contributed by atoms with Crippen molar-refractivity contribution in [2.75, 3.05) is 19.6 Å². The first kappa shape index (κ1) is 9.17. The molecule has 1 aliphatic carbocycles. The molecule has 3 rings (SSSR count). The maximum Gasteiger partial charge on any atom is 0.0337 e. The molecule has 0 aromatic carbocycles. The fourth-order valence-corrected chi connectivity index (χ4v) is 3.92. The average molecular weight is 194 g/mol. The number of hydrogen-bond acceptors (Lipinski definition) is 2. The van der Waals surface area contributed by atoms with Crippen LogP contribution in [0.5, 0.6) is 0 Å². The molecule has 1 spiro atoms. The van der Waals surface area contributed by atoms with Gasteiger partial charge in [-0.3, -0.25) is 4.90 Å². The van der Waals surface area contributed by atoms with Crippen molar-refractivity contribution in [1.82, 2.24) is 10.2 Å². The van der Waals surface area contributed by atoms with Gasteiger partial charge >= 0.3 is 0 Å². The van der Waals surface area contributed by atoms with Crippen molar-refractivity contribution in [2.24, 2.45) is 0 Å². The maximum atomic E-state index is 3.68. The van der Waals surface area contributed by atoms with E-state index < -0.39 is 0 Å². The van der Waals surface area contributed by atoms with E-state index in [0.29, 0.717) is 5.54 Å². The molecule has 80 valence electrons. The molecule has 3 aliphatic rings. The van der Waals surface area contributed by atoms with Gasteiger partial charge in [-0.15, -0.1) is 0 Å². The summed E-state index contributed by atoms with van der Waals surface area (Å²) in [5, 5.41) is 3.68. The van der Waals surface area contributed by atoms with Gasteiger partial charge in [0.2, 0.25) is 0 Å². The number of piperazine rings is 1. The standard InChI is InChI=1S/C12H22N2/c1-2-6-12(7-3-1)10-13-9-11-5-4-8-14(11)12/h11,13H,1-10H2/t11-/m1/s1.